The molecule has 0 fully saturated rings. The maximum Gasteiger partial charge on any atom is 0.127 e. The van der Waals surface area contributed by atoms with Crippen molar-refractivity contribution in [3.63, 3.8) is 0 Å². The van der Waals surface area contributed by atoms with Crippen LogP contribution in [0, 0.1) is 0 Å². The molecule has 0 saturated carbocycles. The van der Waals surface area contributed by atoms with Gasteiger partial charge in [-0.05, 0) is 17.6 Å². The second-order valence-corrected chi connectivity index (χ2v) is 4.05. The van der Waals surface area contributed by atoms with Crippen molar-refractivity contribution in [3.05, 3.63) is 21.1 Å². The average molecular weight is 240 g/mol. The molecule has 1 heterocycles. The lowest BCUT2D eigenvalue weighted by atomic mass is 10.3. The number of benzene rings is 1. The van der Waals surface area contributed by atoms with Crippen molar-refractivity contribution in [2.24, 2.45) is 0 Å². The summed E-state index contributed by atoms with van der Waals surface area (Å²) in [5.41, 5.74) is 0.569. The minimum Gasteiger partial charge on any atom is -0.136 e. The van der Waals surface area contributed by atoms with Crippen LogP contribution in [-0.4, -0.2) is 9.59 Å². The molecule has 62 valence electrons. The first-order chi connectivity index (χ1) is 5.70. The van der Waals surface area contributed by atoms with Crippen molar-refractivity contribution < 1.29 is 0 Å². The van der Waals surface area contributed by atoms with Gasteiger partial charge in [0.2, 0.25) is 0 Å². The second kappa shape index (κ2) is 3.00. The molecule has 2 rings (SSSR count). The Labute approximate surface area is 87.2 Å². The van der Waals surface area contributed by atoms with E-state index in [1.165, 1.54) is 11.5 Å². The predicted molar refractivity (Wildman–Crippen MR) is 52.4 cm³/mol. The highest BCUT2D eigenvalue weighted by molar-refractivity contribution is 7.13. The van der Waals surface area contributed by atoms with E-state index in [-0.39, 0.29) is 0 Å². The molecule has 12 heavy (non-hydrogen) atoms. The summed E-state index contributed by atoms with van der Waals surface area (Å²) < 4.78 is 4.50. The molecule has 0 atom stereocenters. The first-order valence-electron chi connectivity index (χ1n) is 2.95. The number of aromatic nitrogens is 2. The molecule has 0 N–H and O–H groups in total. The average Bonchev–Trinajstić information content (AvgIpc) is 2.48. The van der Waals surface area contributed by atoms with Gasteiger partial charge in [-0.3, -0.25) is 0 Å². The molecular formula is C6HCl3N2S. The number of hydrogen-bond donors (Lipinski definition) is 0. The maximum absolute atomic E-state index is 5.86. The molecular weight excluding hydrogens is 239 g/mol. The Balaban J connectivity index is 2.97. The van der Waals surface area contributed by atoms with Gasteiger partial charge < -0.3 is 0 Å². The van der Waals surface area contributed by atoms with E-state index in [1.54, 1.807) is 6.07 Å². The maximum atomic E-state index is 5.86. The fraction of sp³-hybridized carbons (Fsp3) is 0. The van der Waals surface area contributed by atoms with Crippen LogP contribution in [0.4, 0.5) is 0 Å². The monoisotopic (exact) mass is 238 g/mol. The molecule has 0 aliphatic rings. The second-order valence-electron chi connectivity index (χ2n) is 2.10. The van der Waals surface area contributed by atoms with E-state index in [4.69, 9.17) is 34.8 Å². The zero-order valence-electron chi connectivity index (χ0n) is 5.51. The van der Waals surface area contributed by atoms with Crippen molar-refractivity contribution in [2.75, 3.05) is 0 Å². The highest BCUT2D eigenvalue weighted by atomic mass is 35.5. The van der Waals surface area contributed by atoms with Gasteiger partial charge in [-0.15, -0.1) is 5.10 Å². The molecule has 0 bridgehead atoms. The van der Waals surface area contributed by atoms with E-state index >= 15 is 0 Å². The lowest BCUT2D eigenvalue weighted by molar-refractivity contribution is 1.20. The smallest absolute Gasteiger partial charge is 0.127 e. The van der Waals surface area contributed by atoms with Crippen LogP contribution >= 0.6 is 46.3 Å². The summed E-state index contributed by atoms with van der Waals surface area (Å²) in [6.07, 6.45) is 0. The Bertz CT molecular complexity index is 440. The third-order valence-electron chi connectivity index (χ3n) is 1.38. The van der Waals surface area contributed by atoms with Crippen molar-refractivity contribution in [2.45, 2.75) is 0 Å². The lowest BCUT2D eigenvalue weighted by Gasteiger charge is -1.96. The van der Waals surface area contributed by atoms with Gasteiger partial charge in [-0.2, -0.15) is 0 Å². The van der Waals surface area contributed by atoms with E-state index in [1.807, 2.05) is 0 Å². The van der Waals surface area contributed by atoms with Gasteiger partial charge in [-0.25, -0.2) is 0 Å². The van der Waals surface area contributed by atoms with E-state index < -0.39 is 0 Å². The molecule has 1 aromatic carbocycles. The van der Waals surface area contributed by atoms with Gasteiger partial charge in [0.1, 0.15) is 5.52 Å². The minimum absolute atomic E-state index is 0.405. The summed E-state index contributed by atoms with van der Waals surface area (Å²) in [6.45, 7) is 0. The number of fused-ring (bicyclic) bond motifs is 1. The van der Waals surface area contributed by atoms with Crippen molar-refractivity contribution in [3.8, 4) is 0 Å². The minimum atomic E-state index is 0.405. The van der Waals surface area contributed by atoms with Crippen LogP contribution < -0.4 is 0 Å². The van der Waals surface area contributed by atoms with E-state index in [9.17, 15) is 0 Å². The molecule has 0 radical (unpaired) electrons. The highest BCUT2D eigenvalue weighted by Gasteiger charge is 2.11. The summed E-state index contributed by atoms with van der Waals surface area (Å²) in [7, 11) is 0. The molecule has 0 aliphatic carbocycles. The molecule has 0 spiro atoms. The number of halogens is 3. The summed E-state index contributed by atoms with van der Waals surface area (Å²) in [5, 5.41) is 5.16. The van der Waals surface area contributed by atoms with Gasteiger partial charge in [0, 0.05) is 0 Å². The van der Waals surface area contributed by atoms with E-state index in [2.05, 4.69) is 9.59 Å². The summed E-state index contributed by atoms with van der Waals surface area (Å²) in [5.74, 6) is 0. The van der Waals surface area contributed by atoms with Crippen LogP contribution in [0.25, 0.3) is 10.2 Å². The third kappa shape index (κ3) is 1.17. The Morgan fingerprint density at radius 1 is 1.17 bits per heavy atom. The summed E-state index contributed by atoms with van der Waals surface area (Å²) >= 11 is 18.7. The first-order valence-corrected chi connectivity index (χ1v) is 4.86. The van der Waals surface area contributed by atoms with E-state index in [0.717, 1.165) is 4.70 Å². The summed E-state index contributed by atoms with van der Waals surface area (Å²) in [4.78, 5) is 0. The molecule has 2 nitrogen and oxygen atoms in total. The quantitative estimate of drug-likeness (QED) is 0.656. The van der Waals surface area contributed by atoms with Gasteiger partial charge in [0.25, 0.3) is 0 Å². The lowest BCUT2D eigenvalue weighted by Crippen LogP contribution is -1.74. The van der Waals surface area contributed by atoms with Crippen LogP contribution in [0.1, 0.15) is 0 Å². The van der Waals surface area contributed by atoms with Gasteiger partial charge in [0.05, 0.1) is 19.8 Å². The van der Waals surface area contributed by atoms with Gasteiger partial charge >= 0.3 is 0 Å². The van der Waals surface area contributed by atoms with Crippen molar-refractivity contribution in [1.29, 1.82) is 0 Å². The molecule has 1 aromatic heterocycles. The molecule has 0 amide bonds. The molecule has 2 aromatic rings. The first kappa shape index (κ1) is 8.51. The topological polar surface area (TPSA) is 25.8 Å². The zero-order valence-corrected chi connectivity index (χ0v) is 8.60. The van der Waals surface area contributed by atoms with Crippen LogP contribution in [0.2, 0.25) is 15.1 Å². The molecule has 0 unspecified atom stereocenters. The SMILES string of the molecule is Clc1cc(Cl)c2snnc2c1Cl. The Kier molecular flexibility index (Phi) is 2.12. The van der Waals surface area contributed by atoms with Crippen molar-refractivity contribution >= 4 is 56.6 Å². The molecule has 0 saturated heterocycles. The third-order valence-corrected chi connectivity index (χ3v) is 3.32. The van der Waals surface area contributed by atoms with Crippen molar-refractivity contribution in [1.82, 2.24) is 9.59 Å². The fourth-order valence-corrected chi connectivity index (χ4v) is 2.22. The Morgan fingerprint density at radius 3 is 2.67 bits per heavy atom. The standard InChI is InChI=1S/C6HCl3N2S/c7-2-1-3(8)6-5(4(2)9)10-11-12-6/h1H. The van der Waals surface area contributed by atoms with Crippen LogP contribution in [0.5, 0.6) is 0 Å². The van der Waals surface area contributed by atoms with Crippen LogP contribution in [-0.2, 0) is 0 Å². The number of nitrogens with zero attached hydrogens (tertiary/aromatic N) is 2. The number of rotatable bonds is 0. The molecule has 6 heteroatoms. The van der Waals surface area contributed by atoms with Gasteiger partial charge in [-0.1, -0.05) is 39.3 Å². The van der Waals surface area contributed by atoms with Crippen LogP contribution in [0.15, 0.2) is 6.07 Å². The Hall–Kier alpha value is -0.0900. The predicted octanol–water partition coefficient (Wildman–Crippen LogP) is 3.65. The van der Waals surface area contributed by atoms with E-state index in [0.29, 0.717) is 20.6 Å². The number of hydrogen-bond acceptors (Lipinski definition) is 3. The highest BCUT2D eigenvalue weighted by Crippen LogP contribution is 2.36. The molecule has 0 aliphatic heterocycles. The zero-order chi connectivity index (χ0) is 8.72. The van der Waals surface area contributed by atoms with Crippen LogP contribution in [0.3, 0.4) is 0 Å². The normalized spacial score (nSPS) is 10.9. The summed E-state index contributed by atoms with van der Waals surface area (Å²) in [6, 6.07) is 1.59. The largest absolute Gasteiger partial charge is 0.136 e. The fourth-order valence-electron chi connectivity index (χ4n) is 0.844. The van der Waals surface area contributed by atoms with Gasteiger partial charge in [0.15, 0.2) is 0 Å². The Morgan fingerprint density at radius 2 is 1.92 bits per heavy atom.